The lowest BCUT2D eigenvalue weighted by Gasteiger charge is -2.12. The second-order valence-corrected chi connectivity index (χ2v) is 5.63. The molecule has 1 aliphatic rings. The monoisotopic (exact) mass is 262 g/mol. The zero-order valence-electron chi connectivity index (χ0n) is 8.60. The summed E-state index contributed by atoms with van der Waals surface area (Å²) in [4.78, 5) is 3.90. The van der Waals surface area contributed by atoms with Gasteiger partial charge in [-0.05, 0) is 12.5 Å². The van der Waals surface area contributed by atoms with Crippen molar-refractivity contribution in [3.05, 3.63) is 17.3 Å². The Morgan fingerprint density at radius 1 is 1.69 bits per heavy atom. The Labute approximate surface area is 98.8 Å². The zero-order chi connectivity index (χ0) is 11.8. The van der Waals surface area contributed by atoms with E-state index < -0.39 is 10.0 Å². The lowest BCUT2D eigenvalue weighted by molar-refractivity contribution is 0.191. The molecular formula is C9H11ClN2O3S. The van der Waals surface area contributed by atoms with Gasteiger partial charge in [-0.3, -0.25) is 0 Å². The van der Waals surface area contributed by atoms with Crippen LogP contribution in [0.1, 0.15) is 13.3 Å². The maximum Gasteiger partial charge on any atom is 0.246 e. The Kier molecular flexibility index (Phi) is 3.05. The maximum atomic E-state index is 11.8. The van der Waals surface area contributed by atoms with Gasteiger partial charge < -0.3 is 4.74 Å². The van der Waals surface area contributed by atoms with Gasteiger partial charge in [-0.2, -0.15) is 0 Å². The predicted octanol–water partition coefficient (Wildman–Crippen LogP) is 1.18. The molecular weight excluding hydrogens is 252 g/mol. The lowest BCUT2D eigenvalue weighted by Crippen LogP contribution is -2.31. The summed E-state index contributed by atoms with van der Waals surface area (Å²) in [5.41, 5.74) is 0. The summed E-state index contributed by atoms with van der Waals surface area (Å²) in [6.45, 7) is 2.16. The van der Waals surface area contributed by atoms with Gasteiger partial charge in [0.05, 0.1) is 5.02 Å². The van der Waals surface area contributed by atoms with Crippen LogP contribution in [0.4, 0.5) is 0 Å². The molecule has 88 valence electrons. The molecule has 0 saturated carbocycles. The van der Waals surface area contributed by atoms with Gasteiger partial charge in [0.1, 0.15) is 11.0 Å². The fourth-order valence-corrected chi connectivity index (χ4v) is 2.79. The van der Waals surface area contributed by atoms with E-state index in [-0.39, 0.29) is 28.4 Å². The van der Waals surface area contributed by atoms with E-state index >= 15 is 0 Å². The molecule has 0 bridgehead atoms. The van der Waals surface area contributed by atoms with Gasteiger partial charge in [0.2, 0.25) is 15.9 Å². The second kappa shape index (κ2) is 4.20. The van der Waals surface area contributed by atoms with Crippen LogP contribution < -0.4 is 9.46 Å². The molecule has 7 heteroatoms. The van der Waals surface area contributed by atoms with Gasteiger partial charge in [0, 0.05) is 12.7 Å². The first-order valence-electron chi connectivity index (χ1n) is 4.85. The van der Waals surface area contributed by atoms with Crippen LogP contribution in [0, 0.1) is 0 Å². The molecule has 0 fully saturated rings. The van der Waals surface area contributed by atoms with Crippen LogP contribution >= 0.6 is 11.6 Å². The number of pyridine rings is 1. The van der Waals surface area contributed by atoms with Crippen molar-refractivity contribution in [1.82, 2.24) is 9.71 Å². The third kappa shape index (κ3) is 2.14. The van der Waals surface area contributed by atoms with Crippen LogP contribution in [0.2, 0.25) is 5.02 Å². The smallest absolute Gasteiger partial charge is 0.246 e. The summed E-state index contributed by atoms with van der Waals surface area (Å²) in [7, 11) is -3.57. The first-order valence-corrected chi connectivity index (χ1v) is 6.71. The van der Waals surface area contributed by atoms with E-state index in [0.717, 1.165) is 0 Å². The standard InChI is InChI=1S/C9H11ClN2O3S/c1-2-7-5-12-16(13,14)8-3-6(10)4-11-9(8)15-7/h3-4,7,12H,2,5H2,1H3/t7-/m1/s1. The number of ether oxygens (including phenoxy) is 1. The molecule has 0 spiro atoms. The third-order valence-electron chi connectivity index (χ3n) is 2.31. The topological polar surface area (TPSA) is 68.3 Å². The summed E-state index contributed by atoms with van der Waals surface area (Å²) in [6.07, 6.45) is 1.87. The lowest BCUT2D eigenvalue weighted by atomic mass is 10.3. The van der Waals surface area contributed by atoms with Crippen molar-refractivity contribution < 1.29 is 13.2 Å². The normalized spacial score (nSPS) is 23.0. The number of rotatable bonds is 1. The molecule has 5 nitrogen and oxygen atoms in total. The summed E-state index contributed by atoms with van der Waals surface area (Å²) in [5.74, 6) is 0.112. The number of sulfonamides is 1. The van der Waals surface area contributed by atoms with Gasteiger partial charge in [0.15, 0.2) is 0 Å². The fourth-order valence-electron chi connectivity index (χ4n) is 1.40. The molecule has 1 atom stereocenters. The van der Waals surface area contributed by atoms with Crippen LogP contribution in [0.15, 0.2) is 17.2 Å². The molecule has 2 heterocycles. The minimum absolute atomic E-state index is 0.00375. The molecule has 1 aliphatic heterocycles. The van der Waals surface area contributed by atoms with Gasteiger partial charge in [-0.1, -0.05) is 18.5 Å². The van der Waals surface area contributed by atoms with Crippen molar-refractivity contribution in [2.75, 3.05) is 6.54 Å². The predicted molar refractivity (Wildman–Crippen MR) is 59.1 cm³/mol. The number of aromatic nitrogens is 1. The average Bonchev–Trinajstić information content (AvgIpc) is 2.37. The molecule has 16 heavy (non-hydrogen) atoms. The van der Waals surface area contributed by atoms with Gasteiger partial charge in [-0.15, -0.1) is 0 Å². The molecule has 0 aromatic carbocycles. The molecule has 1 aromatic rings. The number of halogens is 1. The maximum absolute atomic E-state index is 11.8. The van der Waals surface area contributed by atoms with E-state index in [9.17, 15) is 8.42 Å². The molecule has 2 rings (SSSR count). The molecule has 0 unspecified atom stereocenters. The first-order chi connectivity index (χ1) is 7.53. The van der Waals surface area contributed by atoms with E-state index in [1.54, 1.807) is 0 Å². The minimum Gasteiger partial charge on any atom is -0.472 e. The molecule has 1 aromatic heterocycles. The SMILES string of the molecule is CC[C@@H]1CNS(=O)(=O)c2cc(Cl)cnc2O1. The Hall–Kier alpha value is -0.850. The van der Waals surface area contributed by atoms with Gasteiger partial charge >= 0.3 is 0 Å². The summed E-state index contributed by atoms with van der Waals surface area (Å²) < 4.78 is 31.6. The van der Waals surface area contributed by atoms with Crippen LogP contribution in [-0.4, -0.2) is 26.1 Å². The molecule has 0 aliphatic carbocycles. The summed E-state index contributed by atoms with van der Waals surface area (Å²) >= 11 is 5.72. The fraction of sp³-hybridized carbons (Fsp3) is 0.444. The van der Waals surface area contributed by atoms with Crippen molar-refractivity contribution >= 4 is 21.6 Å². The van der Waals surface area contributed by atoms with Crippen LogP contribution in [0.3, 0.4) is 0 Å². The van der Waals surface area contributed by atoms with E-state index in [1.165, 1.54) is 12.3 Å². The largest absolute Gasteiger partial charge is 0.472 e. The number of nitrogens with zero attached hydrogens (tertiary/aromatic N) is 1. The molecule has 0 amide bonds. The van der Waals surface area contributed by atoms with Crippen molar-refractivity contribution in [2.45, 2.75) is 24.3 Å². The third-order valence-corrected chi connectivity index (χ3v) is 3.93. The highest BCUT2D eigenvalue weighted by Crippen LogP contribution is 2.27. The number of fused-ring (bicyclic) bond motifs is 1. The first kappa shape index (κ1) is 11.6. The van der Waals surface area contributed by atoms with Gasteiger partial charge in [0.25, 0.3) is 0 Å². The van der Waals surface area contributed by atoms with Crippen molar-refractivity contribution in [1.29, 1.82) is 0 Å². The summed E-state index contributed by atoms with van der Waals surface area (Å²) in [6, 6.07) is 1.34. The summed E-state index contributed by atoms with van der Waals surface area (Å²) in [5, 5.41) is 0.266. The zero-order valence-corrected chi connectivity index (χ0v) is 10.2. The van der Waals surface area contributed by atoms with E-state index in [2.05, 4.69) is 9.71 Å². The molecule has 1 N–H and O–H groups in total. The number of nitrogens with one attached hydrogen (secondary N) is 1. The number of hydrogen-bond acceptors (Lipinski definition) is 4. The van der Waals surface area contributed by atoms with Crippen molar-refractivity contribution in [3.63, 3.8) is 0 Å². The molecule has 0 saturated heterocycles. The van der Waals surface area contributed by atoms with Gasteiger partial charge in [-0.25, -0.2) is 18.1 Å². The Balaban J connectivity index is 2.54. The van der Waals surface area contributed by atoms with Crippen LogP contribution in [-0.2, 0) is 10.0 Å². The highest BCUT2D eigenvalue weighted by Gasteiger charge is 2.27. The highest BCUT2D eigenvalue weighted by molar-refractivity contribution is 7.89. The minimum atomic E-state index is -3.57. The quantitative estimate of drug-likeness (QED) is 0.825. The average molecular weight is 263 g/mol. The van der Waals surface area contributed by atoms with E-state index in [1.807, 2.05) is 6.92 Å². The molecule has 0 radical (unpaired) electrons. The van der Waals surface area contributed by atoms with Crippen LogP contribution in [0.5, 0.6) is 5.88 Å². The van der Waals surface area contributed by atoms with Crippen molar-refractivity contribution in [3.8, 4) is 5.88 Å². The highest BCUT2D eigenvalue weighted by atomic mass is 35.5. The Bertz CT molecular complexity index is 503. The number of hydrogen-bond donors (Lipinski definition) is 1. The Morgan fingerprint density at radius 3 is 3.12 bits per heavy atom. The van der Waals surface area contributed by atoms with E-state index in [0.29, 0.717) is 6.42 Å². The Morgan fingerprint density at radius 2 is 2.44 bits per heavy atom. The van der Waals surface area contributed by atoms with Crippen LogP contribution in [0.25, 0.3) is 0 Å². The van der Waals surface area contributed by atoms with Crippen molar-refractivity contribution in [2.24, 2.45) is 0 Å². The van der Waals surface area contributed by atoms with E-state index in [4.69, 9.17) is 16.3 Å². The second-order valence-electron chi connectivity index (χ2n) is 3.46.